The van der Waals surface area contributed by atoms with Crippen LogP contribution in [0.15, 0.2) is 6.07 Å². The molecule has 1 heterocycles. The topological polar surface area (TPSA) is 61.0 Å². The summed E-state index contributed by atoms with van der Waals surface area (Å²) in [6, 6.07) is 1.86. The third-order valence-corrected chi connectivity index (χ3v) is 1.45. The molecular weight excluding hydrogens is 154 g/mol. The van der Waals surface area contributed by atoms with Gasteiger partial charge in [-0.3, -0.25) is 0 Å². The number of methoxy groups -OCH3 is 1. The van der Waals surface area contributed by atoms with Gasteiger partial charge in [0.1, 0.15) is 5.82 Å². The van der Waals surface area contributed by atoms with Crippen LogP contribution < -0.4 is 5.73 Å². The summed E-state index contributed by atoms with van der Waals surface area (Å²) in [5, 5.41) is 0. The van der Waals surface area contributed by atoms with Gasteiger partial charge in [0.25, 0.3) is 0 Å². The first kappa shape index (κ1) is 9.09. The zero-order valence-electron chi connectivity index (χ0n) is 7.37. The van der Waals surface area contributed by atoms with E-state index in [4.69, 9.17) is 10.5 Å². The fraction of sp³-hybridized carbons (Fsp3) is 0.500. The lowest BCUT2D eigenvalue weighted by atomic mass is 10.3. The van der Waals surface area contributed by atoms with Crippen LogP contribution in [0.3, 0.4) is 0 Å². The maximum atomic E-state index is 5.45. The van der Waals surface area contributed by atoms with Crippen molar-refractivity contribution in [1.82, 2.24) is 9.97 Å². The molecule has 1 aromatic rings. The van der Waals surface area contributed by atoms with Crippen molar-refractivity contribution in [2.24, 2.45) is 5.73 Å². The third kappa shape index (κ3) is 2.25. The van der Waals surface area contributed by atoms with Crippen LogP contribution in [-0.4, -0.2) is 17.1 Å². The van der Waals surface area contributed by atoms with Crippen LogP contribution in [0.5, 0.6) is 0 Å². The van der Waals surface area contributed by atoms with Crippen LogP contribution in [0.25, 0.3) is 0 Å². The molecule has 4 nitrogen and oxygen atoms in total. The molecule has 0 amide bonds. The van der Waals surface area contributed by atoms with Crippen LogP contribution in [0, 0.1) is 6.92 Å². The van der Waals surface area contributed by atoms with Crippen LogP contribution in [0.2, 0.25) is 0 Å². The number of hydrogen-bond donors (Lipinski definition) is 1. The smallest absolute Gasteiger partial charge is 0.125 e. The number of aryl methyl sites for hydroxylation is 1. The van der Waals surface area contributed by atoms with Crippen molar-refractivity contribution in [2.75, 3.05) is 7.11 Å². The standard InChI is InChI=1S/C8H13N3O/c1-6-10-7(4-9)3-8(11-6)5-12-2/h3H,4-5,9H2,1-2H3. The SMILES string of the molecule is COCc1cc(CN)nc(C)n1. The second kappa shape index (κ2) is 4.13. The Hall–Kier alpha value is -1.00. The minimum absolute atomic E-state index is 0.445. The molecule has 0 radical (unpaired) electrons. The van der Waals surface area contributed by atoms with E-state index in [1.54, 1.807) is 7.11 Å². The molecule has 0 atom stereocenters. The number of aromatic nitrogens is 2. The number of hydrogen-bond acceptors (Lipinski definition) is 4. The summed E-state index contributed by atoms with van der Waals surface area (Å²) < 4.78 is 4.95. The van der Waals surface area contributed by atoms with Gasteiger partial charge < -0.3 is 10.5 Å². The normalized spacial score (nSPS) is 10.2. The molecule has 0 aliphatic heterocycles. The Kier molecular flexibility index (Phi) is 3.13. The molecule has 0 aromatic carbocycles. The number of rotatable bonds is 3. The molecule has 0 saturated heterocycles. The maximum absolute atomic E-state index is 5.45. The molecular formula is C8H13N3O. The Balaban J connectivity index is 2.90. The van der Waals surface area contributed by atoms with E-state index in [0.29, 0.717) is 13.2 Å². The predicted molar refractivity (Wildman–Crippen MR) is 45.4 cm³/mol. The highest BCUT2D eigenvalue weighted by molar-refractivity contribution is 5.09. The van der Waals surface area contributed by atoms with Gasteiger partial charge in [-0.1, -0.05) is 0 Å². The minimum atomic E-state index is 0.445. The highest BCUT2D eigenvalue weighted by atomic mass is 16.5. The minimum Gasteiger partial charge on any atom is -0.378 e. The van der Waals surface area contributed by atoms with Gasteiger partial charge in [0, 0.05) is 13.7 Å². The molecule has 0 aliphatic rings. The summed E-state index contributed by atoms with van der Waals surface area (Å²) in [7, 11) is 1.64. The van der Waals surface area contributed by atoms with Gasteiger partial charge in [0.05, 0.1) is 18.0 Å². The van der Waals surface area contributed by atoms with Crippen molar-refractivity contribution >= 4 is 0 Å². The van der Waals surface area contributed by atoms with Gasteiger partial charge in [-0.05, 0) is 13.0 Å². The molecule has 4 heteroatoms. The quantitative estimate of drug-likeness (QED) is 0.707. The average Bonchev–Trinajstić information content (AvgIpc) is 2.04. The first-order chi connectivity index (χ1) is 5.76. The third-order valence-electron chi connectivity index (χ3n) is 1.45. The van der Waals surface area contributed by atoms with Crippen molar-refractivity contribution in [3.8, 4) is 0 Å². The van der Waals surface area contributed by atoms with Gasteiger partial charge in [0.2, 0.25) is 0 Å². The lowest BCUT2D eigenvalue weighted by molar-refractivity contribution is 0.181. The van der Waals surface area contributed by atoms with Crippen LogP contribution in [0.4, 0.5) is 0 Å². The Morgan fingerprint density at radius 2 is 2.08 bits per heavy atom. The molecule has 1 rings (SSSR count). The molecule has 2 N–H and O–H groups in total. The van der Waals surface area contributed by atoms with Gasteiger partial charge in [-0.15, -0.1) is 0 Å². The Bertz CT molecular complexity index is 262. The van der Waals surface area contributed by atoms with Crippen LogP contribution in [-0.2, 0) is 17.9 Å². The average molecular weight is 167 g/mol. The summed E-state index contributed by atoms with van der Waals surface area (Å²) in [6.45, 7) is 2.80. The molecule has 0 bridgehead atoms. The zero-order valence-corrected chi connectivity index (χ0v) is 7.37. The van der Waals surface area contributed by atoms with Crippen LogP contribution in [0.1, 0.15) is 17.2 Å². The summed E-state index contributed by atoms with van der Waals surface area (Å²) in [6.07, 6.45) is 0. The highest BCUT2D eigenvalue weighted by Gasteiger charge is 1.99. The van der Waals surface area contributed by atoms with E-state index in [-0.39, 0.29) is 0 Å². The highest BCUT2D eigenvalue weighted by Crippen LogP contribution is 2.01. The lowest BCUT2D eigenvalue weighted by Gasteiger charge is -2.02. The van der Waals surface area contributed by atoms with Gasteiger partial charge in [-0.25, -0.2) is 9.97 Å². The molecule has 0 aliphatic carbocycles. The van der Waals surface area contributed by atoms with Gasteiger partial charge in [-0.2, -0.15) is 0 Å². The Morgan fingerprint density at radius 3 is 2.67 bits per heavy atom. The largest absolute Gasteiger partial charge is 0.378 e. The fourth-order valence-corrected chi connectivity index (χ4v) is 1.02. The van der Waals surface area contributed by atoms with Crippen molar-refractivity contribution < 1.29 is 4.74 Å². The molecule has 0 unspecified atom stereocenters. The first-order valence-electron chi connectivity index (χ1n) is 3.78. The van der Waals surface area contributed by atoms with Crippen molar-refractivity contribution in [2.45, 2.75) is 20.1 Å². The van der Waals surface area contributed by atoms with Crippen molar-refractivity contribution in [3.63, 3.8) is 0 Å². The second-order valence-corrected chi connectivity index (χ2v) is 2.53. The van der Waals surface area contributed by atoms with Crippen molar-refractivity contribution in [3.05, 3.63) is 23.3 Å². The van der Waals surface area contributed by atoms with E-state index in [1.165, 1.54) is 0 Å². The summed E-state index contributed by atoms with van der Waals surface area (Å²) >= 11 is 0. The predicted octanol–water partition coefficient (Wildman–Crippen LogP) is 0.390. The second-order valence-electron chi connectivity index (χ2n) is 2.53. The maximum Gasteiger partial charge on any atom is 0.125 e. The molecule has 0 spiro atoms. The van der Waals surface area contributed by atoms with E-state index in [0.717, 1.165) is 17.2 Å². The molecule has 0 fully saturated rings. The van der Waals surface area contributed by atoms with E-state index in [1.807, 2.05) is 13.0 Å². The van der Waals surface area contributed by atoms with E-state index in [9.17, 15) is 0 Å². The number of nitrogens with two attached hydrogens (primary N) is 1. The lowest BCUT2D eigenvalue weighted by Crippen LogP contribution is -2.05. The summed E-state index contributed by atoms with van der Waals surface area (Å²) in [4.78, 5) is 8.32. The zero-order chi connectivity index (χ0) is 8.97. The molecule has 1 aromatic heterocycles. The first-order valence-corrected chi connectivity index (χ1v) is 3.78. The van der Waals surface area contributed by atoms with E-state index in [2.05, 4.69) is 9.97 Å². The Morgan fingerprint density at radius 1 is 1.42 bits per heavy atom. The number of ether oxygens (including phenoxy) is 1. The van der Waals surface area contributed by atoms with Gasteiger partial charge >= 0.3 is 0 Å². The Labute approximate surface area is 71.8 Å². The monoisotopic (exact) mass is 167 g/mol. The van der Waals surface area contributed by atoms with Crippen LogP contribution >= 0.6 is 0 Å². The number of nitrogens with zero attached hydrogens (tertiary/aromatic N) is 2. The summed E-state index contributed by atoms with van der Waals surface area (Å²) in [5.74, 6) is 0.741. The molecule has 12 heavy (non-hydrogen) atoms. The summed E-state index contributed by atoms with van der Waals surface area (Å²) in [5.41, 5.74) is 7.19. The van der Waals surface area contributed by atoms with Crippen molar-refractivity contribution in [1.29, 1.82) is 0 Å². The fourth-order valence-electron chi connectivity index (χ4n) is 1.02. The molecule has 66 valence electrons. The molecule has 0 saturated carbocycles. The van der Waals surface area contributed by atoms with E-state index < -0.39 is 0 Å². The van der Waals surface area contributed by atoms with Gasteiger partial charge in [0.15, 0.2) is 0 Å². The van der Waals surface area contributed by atoms with E-state index >= 15 is 0 Å².